The fraction of sp³-hybridized carbons (Fsp3) is 0. The van der Waals surface area contributed by atoms with Gasteiger partial charge in [0.05, 0.1) is 0 Å². The summed E-state index contributed by atoms with van der Waals surface area (Å²) in [5.41, 5.74) is -0.445. The van der Waals surface area contributed by atoms with Gasteiger partial charge in [0.25, 0.3) is 11.5 Å². The molecule has 0 saturated heterocycles. The van der Waals surface area contributed by atoms with Gasteiger partial charge in [-0.2, -0.15) is 0 Å². The molecule has 3 aromatic heterocycles. The molecule has 0 aliphatic heterocycles. The van der Waals surface area contributed by atoms with Crippen molar-refractivity contribution in [3.05, 3.63) is 65.4 Å². The number of H-pyrrole nitrogens is 1. The number of nitrogens with zero attached hydrogens (tertiary/aromatic N) is 4. The van der Waals surface area contributed by atoms with Gasteiger partial charge in [0.2, 0.25) is 0 Å². The smallest absolute Gasteiger partial charge is 0.262 e. The van der Waals surface area contributed by atoms with Gasteiger partial charge in [0.15, 0.2) is 0 Å². The maximum absolute atomic E-state index is 12.0. The Kier molecular flexibility index (Phi) is 3.26. The summed E-state index contributed by atoms with van der Waals surface area (Å²) in [7, 11) is 0. The summed E-state index contributed by atoms with van der Waals surface area (Å²) in [4.78, 5) is 37.9. The normalized spacial score (nSPS) is 10.3. The summed E-state index contributed by atoms with van der Waals surface area (Å²) < 4.78 is 1.67. The molecule has 0 saturated carbocycles. The molecular formula is C13H10N6O2. The van der Waals surface area contributed by atoms with E-state index in [1.807, 2.05) is 0 Å². The molecule has 3 aromatic rings. The molecule has 8 heteroatoms. The summed E-state index contributed by atoms with van der Waals surface area (Å²) in [6.07, 6.45) is 7.69. The van der Waals surface area contributed by atoms with Crippen molar-refractivity contribution >= 4 is 11.7 Å². The van der Waals surface area contributed by atoms with Gasteiger partial charge in [0, 0.05) is 24.7 Å². The number of carbonyl (C=O) groups excluding carboxylic acids is 1. The van der Waals surface area contributed by atoms with E-state index in [-0.39, 0.29) is 5.56 Å². The van der Waals surface area contributed by atoms with Crippen molar-refractivity contribution < 1.29 is 4.79 Å². The molecule has 0 atom stereocenters. The van der Waals surface area contributed by atoms with Gasteiger partial charge in [-0.3, -0.25) is 14.2 Å². The fourth-order valence-corrected chi connectivity index (χ4v) is 1.74. The van der Waals surface area contributed by atoms with Crippen LogP contribution >= 0.6 is 0 Å². The minimum absolute atomic E-state index is 0.0142. The standard InChI is InChI=1S/C13H10N6O2/c20-12-9(2-1-3-15-12)13(21)18-10-6-11(17-7-16-10)19-5-4-14-8-19/h1-8H,(H,15,20)(H,16,17,18,21). The molecule has 0 aliphatic rings. The predicted octanol–water partition coefficient (Wildman–Crippen LogP) is 0.603. The SMILES string of the molecule is O=C(Nc1cc(-n2ccnc2)ncn1)c1ccc[nH]c1=O. The average Bonchev–Trinajstić information content (AvgIpc) is 3.02. The second-order valence-corrected chi connectivity index (χ2v) is 4.10. The summed E-state index contributed by atoms with van der Waals surface area (Å²) >= 11 is 0. The van der Waals surface area contributed by atoms with Crippen LogP contribution < -0.4 is 10.9 Å². The van der Waals surface area contributed by atoms with Crippen molar-refractivity contribution in [2.45, 2.75) is 0 Å². The van der Waals surface area contributed by atoms with Gasteiger partial charge in [-0.05, 0) is 12.1 Å². The highest BCUT2D eigenvalue weighted by atomic mass is 16.2. The lowest BCUT2D eigenvalue weighted by atomic mass is 10.2. The number of rotatable bonds is 3. The van der Waals surface area contributed by atoms with Crippen LogP contribution in [0.5, 0.6) is 0 Å². The number of hydrogen-bond acceptors (Lipinski definition) is 5. The number of anilines is 1. The third-order valence-corrected chi connectivity index (χ3v) is 2.73. The third-order valence-electron chi connectivity index (χ3n) is 2.73. The largest absolute Gasteiger partial charge is 0.328 e. The summed E-state index contributed by atoms with van der Waals surface area (Å²) in [6.45, 7) is 0. The number of amides is 1. The first-order valence-electron chi connectivity index (χ1n) is 6.03. The Labute approximate surface area is 118 Å². The maximum atomic E-state index is 12.0. The summed E-state index contributed by atoms with van der Waals surface area (Å²) in [5.74, 6) is 0.314. The second kappa shape index (κ2) is 5.37. The zero-order valence-corrected chi connectivity index (χ0v) is 10.7. The molecule has 21 heavy (non-hydrogen) atoms. The van der Waals surface area contributed by atoms with Gasteiger partial charge in [-0.25, -0.2) is 15.0 Å². The van der Waals surface area contributed by atoms with Gasteiger partial charge in [-0.1, -0.05) is 0 Å². The maximum Gasteiger partial charge on any atom is 0.262 e. The molecule has 0 radical (unpaired) electrons. The van der Waals surface area contributed by atoms with Crippen LogP contribution in [-0.2, 0) is 0 Å². The minimum Gasteiger partial charge on any atom is -0.328 e. The number of carbonyl (C=O) groups is 1. The van der Waals surface area contributed by atoms with Crippen molar-refractivity contribution in [1.29, 1.82) is 0 Å². The van der Waals surface area contributed by atoms with Crippen molar-refractivity contribution in [3.8, 4) is 5.82 Å². The molecule has 2 N–H and O–H groups in total. The molecule has 0 bridgehead atoms. The molecule has 0 spiro atoms. The van der Waals surface area contributed by atoms with Crippen LogP contribution in [0.2, 0.25) is 0 Å². The third kappa shape index (κ3) is 2.68. The average molecular weight is 282 g/mol. The van der Waals surface area contributed by atoms with Crippen LogP contribution in [0.25, 0.3) is 5.82 Å². The molecule has 3 rings (SSSR count). The molecule has 0 unspecified atom stereocenters. The zero-order valence-electron chi connectivity index (χ0n) is 10.7. The summed E-state index contributed by atoms with van der Waals surface area (Å²) in [6, 6.07) is 4.59. The van der Waals surface area contributed by atoms with Crippen molar-refractivity contribution in [3.63, 3.8) is 0 Å². The minimum atomic E-state index is -0.535. The Hall–Kier alpha value is -3.29. The van der Waals surface area contributed by atoms with E-state index in [0.29, 0.717) is 11.6 Å². The predicted molar refractivity (Wildman–Crippen MR) is 74.2 cm³/mol. The second-order valence-electron chi connectivity index (χ2n) is 4.10. The van der Waals surface area contributed by atoms with E-state index in [1.165, 1.54) is 18.6 Å². The van der Waals surface area contributed by atoms with E-state index in [0.717, 1.165) is 0 Å². The van der Waals surface area contributed by atoms with Crippen LogP contribution in [0.1, 0.15) is 10.4 Å². The topological polar surface area (TPSA) is 106 Å². The lowest BCUT2D eigenvalue weighted by molar-refractivity contribution is 0.102. The van der Waals surface area contributed by atoms with E-state index in [2.05, 4.69) is 25.3 Å². The lowest BCUT2D eigenvalue weighted by Crippen LogP contribution is -2.23. The quantitative estimate of drug-likeness (QED) is 0.732. The number of imidazole rings is 1. The van der Waals surface area contributed by atoms with Crippen LogP contribution in [0.15, 0.2) is 54.2 Å². The Morgan fingerprint density at radius 3 is 3.00 bits per heavy atom. The number of nitrogens with one attached hydrogen (secondary N) is 2. The van der Waals surface area contributed by atoms with E-state index in [1.54, 1.807) is 35.4 Å². The van der Waals surface area contributed by atoms with Crippen LogP contribution in [0.3, 0.4) is 0 Å². The molecule has 3 heterocycles. The van der Waals surface area contributed by atoms with Crippen molar-refractivity contribution in [2.24, 2.45) is 0 Å². The van der Waals surface area contributed by atoms with Gasteiger partial charge >= 0.3 is 0 Å². The van der Waals surface area contributed by atoms with Gasteiger partial charge in [-0.15, -0.1) is 0 Å². The van der Waals surface area contributed by atoms with Crippen LogP contribution in [0.4, 0.5) is 5.82 Å². The highest BCUT2D eigenvalue weighted by Gasteiger charge is 2.11. The highest BCUT2D eigenvalue weighted by molar-refractivity contribution is 6.03. The van der Waals surface area contributed by atoms with E-state index >= 15 is 0 Å². The number of aromatic nitrogens is 5. The monoisotopic (exact) mass is 282 g/mol. The van der Waals surface area contributed by atoms with E-state index in [9.17, 15) is 9.59 Å². The van der Waals surface area contributed by atoms with E-state index in [4.69, 9.17) is 0 Å². The molecule has 0 fully saturated rings. The van der Waals surface area contributed by atoms with Crippen molar-refractivity contribution in [1.82, 2.24) is 24.5 Å². The number of aromatic amines is 1. The Morgan fingerprint density at radius 2 is 2.24 bits per heavy atom. The van der Waals surface area contributed by atoms with E-state index < -0.39 is 11.5 Å². The fourth-order valence-electron chi connectivity index (χ4n) is 1.74. The number of pyridine rings is 1. The Bertz CT molecular complexity index is 824. The van der Waals surface area contributed by atoms with Gasteiger partial charge in [0.1, 0.15) is 29.9 Å². The van der Waals surface area contributed by atoms with Gasteiger partial charge < -0.3 is 10.3 Å². The van der Waals surface area contributed by atoms with Crippen LogP contribution in [-0.4, -0.2) is 30.4 Å². The zero-order chi connectivity index (χ0) is 14.7. The lowest BCUT2D eigenvalue weighted by Gasteiger charge is -2.05. The Balaban J connectivity index is 1.86. The molecule has 0 aromatic carbocycles. The Morgan fingerprint density at radius 1 is 1.33 bits per heavy atom. The number of hydrogen-bond donors (Lipinski definition) is 2. The first-order valence-corrected chi connectivity index (χ1v) is 6.03. The first kappa shape index (κ1) is 12.7. The van der Waals surface area contributed by atoms with Crippen molar-refractivity contribution in [2.75, 3.05) is 5.32 Å². The molecule has 1 amide bonds. The summed E-state index contributed by atoms with van der Waals surface area (Å²) in [5, 5.41) is 2.56. The molecule has 8 nitrogen and oxygen atoms in total. The van der Waals surface area contributed by atoms with Crippen LogP contribution in [0, 0.1) is 0 Å². The highest BCUT2D eigenvalue weighted by Crippen LogP contribution is 2.09. The molecule has 104 valence electrons. The molecular weight excluding hydrogens is 272 g/mol. The first-order chi connectivity index (χ1) is 10.2. The molecule has 0 aliphatic carbocycles.